The van der Waals surface area contributed by atoms with Gasteiger partial charge in [0, 0.05) is 11.5 Å². The summed E-state index contributed by atoms with van der Waals surface area (Å²) in [7, 11) is 3.32. The van der Waals surface area contributed by atoms with Crippen molar-refractivity contribution in [3.8, 4) is 11.5 Å². The van der Waals surface area contributed by atoms with Crippen molar-refractivity contribution in [3.05, 3.63) is 77.2 Å². The van der Waals surface area contributed by atoms with Crippen LogP contribution in [0.2, 0.25) is 5.15 Å². The van der Waals surface area contributed by atoms with Gasteiger partial charge in [-0.2, -0.15) is 12.6 Å². The minimum atomic E-state index is 0.421. The third kappa shape index (κ3) is 7.71. The van der Waals surface area contributed by atoms with Crippen molar-refractivity contribution in [2.75, 3.05) is 14.2 Å². The largest absolute Gasteiger partial charge is 0.497 e. The van der Waals surface area contributed by atoms with E-state index in [4.69, 9.17) is 21.1 Å². The lowest BCUT2D eigenvalue weighted by Gasteiger charge is -2.03. The molecule has 0 saturated carbocycles. The average Bonchev–Trinajstić information content (AvgIpc) is 2.73. The zero-order chi connectivity index (χ0) is 19.5. The van der Waals surface area contributed by atoms with Crippen molar-refractivity contribution in [2.24, 2.45) is 0 Å². The Labute approximate surface area is 174 Å². The van der Waals surface area contributed by atoms with Gasteiger partial charge in [0.05, 0.1) is 26.6 Å². The molecule has 3 rings (SSSR count). The fourth-order valence-electron chi connectivity index (χ4n) is 2.01. The van der Waals surface area contributed by atoms with E-state index in [9.17, 15) is 0 Å². The van der Waals surface area contributed by atoms with Gasteiger partial charge in [-0.05, 0) is 35.4 Å². The molecule has 0 saturated heterocycles. The summed E-state index contributed by atoms with van der Waals surface area (Å²) >= 11 is 11.5. The molecule has 1 aromatic heterocycles. The van der Waals surface area contributed by atoms with Crippen molar-refractivity contribution in [3.63, 3.8) is 0 Å². The number of rotatable bonds is 6. The monoisotopic (exact) mass is 420 g/mol. The van der Waals surface area contributed by atoms with E-state index < -0.39 is 0 Å². The van der Waals surface area contributed by atoms with Gasteiger partial charge in [-0.25, -0.2) is 4.98 Å². The molecule has 0 aliphatic rings. The highest BCUT2D eigenvalue weighted by atomic mass is 35.5. The minimum absolute atomic E-state index is 0.421. The van der Waals surface area contributed by atoms with Gasteiger partial charge in [0.15, 0.2) is 0 Å². The topological polar surface area (TPSA) is 44.2 Å². The average molecular weight is 421 g/mol. The Balaban J connectivity index is 0.000000223. The van der Waals surface area contributed by atoms with E-state index in [0.717, 1.165) is 28.0 Å². The SMILES string of the molecule is COc1ccc(CS)cc1.COc1ccc(CSc2cncc(Cl)n2)cc1. The number of thioether (sulfide) groups is 1. The van der Waals surface area contributed by atoms with Crippen molar-refractivity contribution < 1.29 is 9.47 Å². The molecule has 0 fully saturated rings. The van der Waals surface area contributed by atoms with Gasteiger partial charge >= 0.3 is 0 Å². The molecule has 0 amide bonds. The molecule has 3 aromatic rings. The Morgan fingerprint density at radius 1 is 0.889 bits per heavy atom. The highest BCUT2D eigenvalue weighted by molar-refractivity contribution is 7.98. The van der Waals surface area contributed by atoms with E-state index in [1.807, 2.05) is 48.5 Å². The molecule has 27 heavy (non-hydrogen) atoms. The lowest BCUT2D eigenvalue weighted by Crippen LogP contribution is -1.86. The van der Waals surface area contributed by atoms with E-state index in [1.54, 1.807) is 32.2 Å². The van der Waals surface area contributed by atoms with Gasteiger partial charge in [-0.1, -0.05) is 35.9 Å². The number of benzene rings is 2. The van der Waals surface area contributed by atoms with Crippen LogP contribution in [0.4, 0.5) is 0 Å². The lowest BCUT2D eigenvalue weighted by molar-refractivity contribution is 0.414. The molecule has 1 heterocycles. The summed E-state index contributed by atoms with van der Waals surface area (Å²) in [4.78, 5) is 8.15. The summed E-state index contributed by atoms with van der Waals surface area (Å²) in [6.07, 6.45) is 3.24. The number of ether oxygens (including phenoxy) is 2. The first-order chi connectivity index (χ1) is 13.1. The standard InChI is InChI=1S/C12H11ClN2OS.C8H10OS/c1-16-10-4-2-9(3-5-10)8-17-12-7-14-6-11(13)15-12;1-9-8-4-2-7(6-10)3-5-8/h2-7H,8H2,1H3;2-5,10H,6H2,1H3. The van der Waals surface area contributed by atoms with Gasteiger partial charge in [-0.3, -0.25) is 4.98 Å². The molecule has 0 spiro atoms. The Morgan fingerprint density at radius 2 is 1.44 bits per heavy atom. The molecule has 142 valence electrons. The number of aromatic nitrogens is 2. The molecule has 2 aromatic carbocycles. The van der Waals surface area contributed by atoms with Crippen molar-refractivity contribution in [1.82, 2.24) is 9.97 Å². The number of thiol groups is 1. The number of hydrogen-bond acceptors (Lipinski definition) is 6. The van der Waals surface area contributed by atoms with Gasteiger partial charge in [-0.15, -0.1) is 11.8 Å². The third-order valence-corrected chi connectivity index (χ3v) is 4.99. The molecule has 0 bridgehead atoms. The molecule has 0 N–H and O–H groups in total. The molecular weight excluding hydrogens is 400 g/mol. The highest BCUT2D eigenvalue weighted by Crippen LogP contribution is 2.22. The zero-order valence-corrected chi connectivity index (χ0v) is 17.6. The maximum absolute atomic E-state index is 5.76. The molecule has 0 aliphatic carbocycles. The molecule has 0 unspecified atom stereocenters. The first kappa shape index (κ1) is 21.4. The normalized spacial score (nSPS) is 9.93. The molecule has 4 nitrogen and oxygen atoms in total. The van der Waals surface area contributed by atoms with Crippen LogP contribution in [0, 0.1) is 0 Å². The first-order valence-electron chi connectivity index (χ1n) is 8.11. The predicted molar refractivity (Wildman–Crippen MR) is 115 cm³/mol. The van der Waals surface area contributed by atoms with Crippen molar-refractivity contribution in [2.45, 2.75) is 16.5 Å². The summed E-state index contributed by atoms with van der Waals surface area (Å²) in [5, 5.41) is 1.25. The summed E-state index contributed by atoms with van der Waals surface area (Å²) < 4.78 is 10.1. The van der Waals surface area contributed by atoms with Crippen LogP contribution in [0.15, 0.2) is 66.0 Å². The summed E-state index contributed by atoms with van der Waals surface area (Å²) in [6, 6.07) is 15.8. The number of nitrogens with zero attached hydrogens (tertiary/aromatic N) is 2. The predicted octanol–water partition coefficient (Wildman–Crippen LogP) is 5.56. The van der Waals surface area contributed by atoms with Crippen LogP contribution in [0.3, 0.4) is 0 Å². The van der Waals surface area contributed by atoms with E-state index in [-0.39, 0.29) is 0 Å². The fraction of sp³-hybridized carbons (Fsp3) is 0.200. The maximum atomic E-state index is 5.76. The number of hydrogen-bond donors (Lipinski definition) is 1. The smallest absolute Gasteiger partial charge is 0.148 e. The first-order valence-corrected chi connectivity index (χ1v) is 10.1. The second kappa shape index (κ2) is 11.7. The van der Waals surface area contributed by atoms with E-state index >= 15 is 0 Å². The van der Waals surface area contributed by atoms with E-state index in [2.05, 4.69) is 22.6 Å². The van der Waals surface area contributed by atoms with Crippen molar-refractivity contribution in [1.29, 1.82) is 0 Å². The minimum Gasteiger partial charge on any atom is -0.497 e. The quantitative estimate of drug-likeness (QED) is 0.418. The molecule has 0 aliphatic heterocycles. The Morgan fingerprint density at radius 3 is 1.93 bits per heavy atom. The van der Waals surface area contributed by atoms with Crippen LogP contribution in [-0.4, -0.2) is 24.2 Å². The Bertz CT molecular complexity index is 792. The van der Waals surface area contributed by atoms with E-state index in [1.165, 1.54) is 17.3 Å². The van der Waals surface area contributed by atoms with Crippen molar-refractivity contribution >= 4 is 36.0 Å². The van der Waals surface area contributed by atoms with Gasteiger partial charge in [0.2, 0.25) is 0 Å². The Hall–Kier alpha value is -1.89. The van der Waals surface area contributed by atoms with Crippen LogP contribution < -0.4 is 9.47 Å². The summed E-state index contributed by atoms with van der Waals surface area (Å²) in [5.74, 6) is 3.37. The molecule has 7 heteroatoms. The second-order valence-electron chi connectivity index (χ2n) is 5.32. The highest BCUT2D eigenvalue weighted by Gasteiger charge is 2.00. The molecular formula is C20H21ClN2O2S2. The zero-order valence-electron chi connectivity index (χ0n) is 15.1. The van der Waals surface area contributed by atoms with E-state index in [0.29, 0.717) is 5.15 Å². The summed E-state index contributed by atoms with van der Waals surface area (Å²) in [5.41, 5.74) is 2.42. The van der Waals surface area contributed by atoms with Crippen LogP contribution in [0.1, 0.15) is 11.1 Å². The van der Waals surface area contributed by atoms with Gasteiger partial charge in [0.25, 0.3) is 0 Å². The van der Waals surface area contributed by atoms with Gasteiger partial charge < -0.3 is 9.47 Å². The summed E-state index contributed by atoms with van der Waals surface area (Å²) in [6.45, 7) is 0. The molecule has 0 radical (unpaired) electrons. The number of halogens is 1. The van der Waals surface area contributed by atoms with Crippen LogP contribution >= 0.6 is 36.0 Å². The van der Waals surface area contributed by atoms with Crippen LogP contribution in [0.5, 0.6) is 11.5 Å². The van der Waals surface area contributed by atoms with Gasteiger partial charge in [0.1, 0.15) is 21.7 Å². The second-order valence-corrected chi connectivity index (χ2v) is 7.02. The maximum Gasteiger partial charge on any atom is 0.148 e. The fourth-order valence-corrected chi connectivity index (χ4v) is 3.22. The Kier molecular flexibility index (Phi) is 9.31. The van der Waals surface area contributed by atoms with Crippen LogP contribution in [-0.2, 0) is 11.5 Å². The van der Waals surface area contributed by atoms with Crippen LogP contribution in [0.25, 0.3) is 0 Å². The number of methoxy groups -OCH3 is 2. The molecule has 0 atom stereocenters. The third-order valence-electron chi connectivity index (χ3n) is 3.47. The lowest BCUT2D eigenvalue weighted by atomic mass is 10.2.